The van der Waals surface area contributed by atoms with Crippen LogP contribution in [0, 0.1) is 0 Å². The largest absolute Gasteiger partial charge is 0.325 e. The highest BCUT2D eigenvalue weighted by atomic mass is 35.5. The van der Waals surface area contributed by atoms with Crippen LogP contribution in [-0.2, 0) is 11.3 Å². The number of hydrogen-bond donors (Lipinski definition) is 2. The van der Waals surface area contributed by atoms with Crippen LogP contribution in [0.4, 0.5) is 5.69 Å². The van der Waals surface area contributed by atoms with Gasteiger partial charge in [-0.1, -0.05) is 23.2 Å². The molecule has 2 aromatic heterocycles. The summed E-state index contributed by atoms with van der Waals surface area (Å²) in [7, 11) is 1.96. The summed E-state index contributed by atoms with van der Waals surface area (Å²) in [6.45, 7) is 1.10. The minimum atomic E-state index is -0.0972. The zero-order valence-corrected chi connectivity index (χ0v) is 13.1. The van der Waals surface area contributed by atoms with Gasteiger partial charge in [-0.15, -0.1) is 11.3 Å². The number of carbonyl (C=O) groups excluding carboxylic acids is 1. The molecule has 0 saturated carbocycles. The Hall–Kier alpha value is -1.14. The highest BCUT2D eigenvalue weighted by Crippen LogP contribution is 2.20. The van der Waals surface area contributed by atoms with Gasteiger partial charge in [0.2, 0.25) is 0 Å². The van der Waals surface area contributed by atoms with E-state index in [1.54, 1.807) is 18.3 Å². The third-order valence-electron chi connectivity index (χ3n) is 2.60. The number of nitrogens with zero attached hydrogens (tertiary/aromatic N) is 1. The second-order valence-electron chi connectivity index (χ2n) is 4.41. The Labute approximate surface area is 131 Å². The quantitative estimate of drug-likeness (QED) is 0.825. The maximum atomic E-state index is 11.9. The Balaban J connectivity index is 1.86. The van der Waals surface area contributed by atoms with E-state index in [2.05, 4.69) is 10.3 Å². The summed E-state index contributed by atoms with van der Waals surface area (Å²) < 4.78 is 0.763. The van der Waals surface area contributed by atoms with E-state index in [4.69, 9.17) is 23.2 Å². The fraction of sp³-hybridized carbons (Fsp3) is 0.231. The first-order valence-electron chi connectivity index (χ1n) is 6.00. The molecule has 0 aliphatic carbocycles. The third-order valence-corrected chi connectivity index (χ3v) is 4.13. The van der Waals surface area contributed by atoms with Gasteiger partial charge < -0.3 is 10.2 Å². The monoisotopic (exact) mass is 330 g/mol. The van der Waals surface area contributed by atoms with Crippen LogP contribution in [0.3, 0.4) is 0 Å². The number of rotatable bonds is 5. The lowest BCUT2D eigenvalue weighted by molar-refractivity contribution is -0.884. The molecule has 0 aliphatic rings. The van der Waals surface area contributed by atoms with Crippen LogP contribution in [-0.4, -0.2) is 24.5 Å². The molecule has 1 amide bonds. The smallest absolute Gasteiger partial charge is 0.279 e. The summed E-state index contributed by atoms with van der Waals surface area (Å²) >= 11 is 13.3. The van der Waals surface area contributed by atoms with Crippen LogP contribution in [0.25, 0.3) is 0 Å². The van der Waals surface area contributed by atoms with Crippen molar-refractivity contribution in [3.63, 3.8) is 0 Å². The Morgan fingerprint density at radius 3 is 2.85 bits per heavy atom. The summed E-state index contributed by atoms with van der Waals surface area (Å²) in [6.07, 6.45) is 1.58. The van der Waals surface area contributed by atoms with Crippen molar-refractivity contribution < 1.29 is 9.69 Å². The number of halogens is 2. The molecule has 0 spiro atoms. The van der Waals surface area contributed by atoms with E-state index in [0.29, 0.717) is 17.4 Å². The average Bonchev–Trinajstić information content (AvgIpc) is 2.77. The second kappa shape index (κ2) is 7.04. The van der Waals surface area contributed by atoms with E-state index in [9.17, 15) is 4.79 Å². The van der Waals surface area contributed by atoms with Crippen molar-refractivity contribution >= 4 is 46.1 Å². The number of pyridine rings is 1. The fourth-order valence-electron chi connectivity index (χ4n) is 1.75. The predicted octanol–water partition coefficient (Wildman–Crippen LogP) is 2.10. The number of likely N-dealkylation sites (N-methyl/N-ethyl adjacent to an activating group) is 1. The van der Waals surface area contributed by atoms with E-state index >= 15 is 0 Å². The molecule has 0 fully saturated rings. The zero-order chi connectivity index (χ0) is 14.5. The number of amides is 1. The van der Waals surface area contributed by atoms with Crippen molar-refractivity contribution in [3.8, 4) is 0 Å². The minimum absolute atomic E-state index is 0.0972. The molecule has 2 heterocycles. The lowest BCUT2D eigenvalue weighted by atomic mass is 10.4. The molecule has 2 aromatic rings. The van der Waals surface area contributed by atoms with Gasteiger partial charge in [0.15, 0.2) is 11.7 Å². The Bertz CT molecular complexity index is 603. The van der Waals surface area contributed by atoms with Gasteiger partial charge in [-0.25, -0.2) is 4.98 Å². The maximum Gasteiger partial charge on any atom is 0.279 e. The lowest BCUT2D eigenvalue weighted by Crippen LogP contribution is -3.08. The van der Waals surface area contributed by atoms with Crippen molar-refractivity contribution in [2.24, 2.45) is 0 Å². The minimum Gasteiger partial charge on any atom is -0.325 e. The number of quaternary nitrogens is 1. The Kier molecular flexibility index (Phi) is 5.37. The summed E-state index contributed by atoms with van der Waals surface area (Å²) in [5, 5.41) is 3.05. The molecule has 0 bridgehead atoms. The van der Waals surface area contributed by atoms with Crippen molar-refractivity contribution in [2.45, 2.75) is 6.54 Å². The number of carbonyl (C=O) groups is 1. The molecule has 2 N–H and O–H groups in total. The molecule has 0 aliphatic heterocycles. The Morgan fingerprint density at radius 1 is 1.40 bits per heavy atom. The summed E-state index contributed by atoms with van der Waals surface area (Å²) in [5.41, 5.74) is 0.533. The van der Waals surface area contributed by atoms with E-state index in [-0.39, 0.29) is 5.91 Å². The van der Waals surface area contributed by atoms with Gasteiger partial charge in [0, 0.05) is 6.20 Å². The molecular formula is C13H14Cl2N3OS+. The molecule has 1 atom stereocenters. The molecule has 106 valence electrons. The van der Waals surface area contributed by atoms with Gasteiger partial charge in [-0.3, -0.25) is 4.79 Å². The molecular weight excluding hydrogens is 317 g/mol. The summed E-state index contributed by atoms with van der Waals surface area (Å²) in [6, 6.07) is 7.30. The number of hydrogen-bond acceptors (Lipinski definition) is 3. The third kappa shape index (κ3) is 4.45. The number of anilines is 1. The average molecular weight is 331 g/mol. The second-order valence-corrected chi connectivity index (χ2v) is 6.56. The van der Waals surface area contributed by atoms with E-state index in [1.165, 1.54) is 11.3 Å². The lowest BCUT2D eigenvalue weighted by Gasteiger charge is -2.13. The van der Waals surface area contributed by atoms with Crippen LogP contribution in [0.15, 0.2) is 30.5 Å². The molecule has 7 heteroatoms. The highest BCUT2D eigenvalue weighted by Gasteiger charge is 2.13. The van der Waals surface area contributed by atoms with Gasteiger partial charge in [0.1, 0.15) is 6.54 Å². The van der Waals surface area contributed by atoms with Crippen LogP contribution in [0.2, 0.25) is 9.49 Å². The van der Waals surface area contributed by atoms with E-state index < -0.39 is 0 Å². The van der Waals surface area contributed by atoms with E-state index in [0.717, 1.165) is 20.7 Å². The number of thiophene rings is 1. The van der Waals surface area contributed by atoms with Gasteiger partial charge in [0.05, 0.1) is 21.9 Å². The molecule has 20 heavy (non-hydrogen) atoms. The molecule has 0 aromatic carbocycles. The Morgan fingerprint density at radius 2 is 2.20 bits per heavy atom. The van der Waals surface area contributed by atoms with Crippen molar-refractivity contribution in [1.82, 2.24) is 4.98 Å². The van der Waals surface area contributed by atoms with Gasteiger partial charge >= 0.3 is 0 Å². The van der Waals surface area contributed by atoms with E-state index in [1.807, 2.05) is 19.2 Å². The van der Waals surface area contributed by atoms with Crippen LogP contribution >= 0.6 is 34.5 Å². The van der Waals surface area contributed by atoms with Crippen LogP contribution < -0.4 is 10.2 Å². The topological polar surface area (TPSA) is 46.4 Å². The van der Waals surface area contributed by atoms with Gasteiger partial charge in [-0.05, 0) is 24.3 Å². The van der Waals surface area contributed by atoms with Gasteiger partial charge in [0.25, 0.3) is 5.91 Å². The zero-order valence-electron chi connectivity index (χ0n) is 10.8. The van der Waals surface area contributed by atoms with Crippen molar-refractivity contribution in [3.05, 3.63) is 44.8 Å². The first-order valence-corrected chi connectivity index (χ1v) is 7.57. The van der Waals surface area contributed by atoms with Crippen molar-refractivity contribution in [1.29, 1.82) is 0 Å². The standard InChI is InChI=1S/C13H13Cl2N3OS/c1-18(7-9-4-5-11(14)20-9)8-12(19)17-10-3-2-6-16-13(10)15/h2-6H,7-8H2,1H3,(H,17,19)/p+1. The molecule has 0 radical (unpaired) electrons. The summed E-state index contributed by atoms with van der Waals surface area (Å²) in [4.78, 5) is 18.1. The SMILES string of the molecule is C[NH+](CC(=O)Nc1cccnc1Cl)Cc1ccc(Cl)s1. The summed E-state index contributed by atoms with van der Waals surface area (Å²) in [5.74, 6) is -0.0972. The molecule has 2 rings (SSSR count). The number of nitrogens with one attached hydrogen (secondary N) is 2. The molecule has 0 saturated heterocycles. The van der Waals surface area contributed by atoms with Gasteiger partial charge in [-0.2, -0.15) is 0 Å². The first kappa shape index (κ1) is 15.3. The van der Waals surface area contributed by atoms with Crippen molar-refractivity contribution in [2.75, 3.05) is 18.9 Å². The molecule has 1 unspecified atom stereocenters. The maximum absolute atomic E-state index is 11.9. The first-order chi connectivity index (χ1) is 9.54. The fourth-order valence-corrected chi connectivity index (χ4v) is 3.12. The van der Waals surface area contributed by atoms with Crippen LogP contribution in [0.5, 0.6) is 0 Å². The number of aromatic nitrogens is 1. The normalized spacial score (nSPS) is 12.2. The highest BCUT2D eigenvalue weighted by molar-refractivity contribution is 7.16. The molecule has 4 nitrogen and oxygen atoms in total. The van der Waals surface area contributed by atoms with Crippen LogP contribution in [0.1, 0.15) is 4.88 Å². The predicted molar refractivity (Wildman–Crippen MR) is 82.7 cm³/mol.